The number of benzene rings is 7. The zero-order chi connectivity index (χ0) is 31.5. The van der Waals surface area contributed by atoms with Gasteiger partial charge in [-0.25, -0.2) is 0 Å². The lowest BCUT2D eigenvalue weighted by Gasteiger charge is -2.30. The van der Waals surface area contributed by atoms with E-state index < -0.39 is 0 Å². The Labute approximate surface area is 280 Å². The molecule has 0 radical (unpaired) electrons. The minimum atomic E-state index is -0.173. The molecule has 0 saturated heterocycles. The summed E-state index contributed by atoms with van der Waals surface area (Å²) in [5, 5.41) is 2.62. The third-order valence-electron chi connectivity index (χ3n) is 9.85. The molecule has 224 valence electrons. The molecule has 1 nitrogen and oxygen atoms in total. The number of thiophene rings is 1. The van der Waals surface area contributed by atoms with Crippen LogP contribution in [-0.4, -0.2) is 0 Å². The molecule has 1 aromatic heterocycles. The summed E-state index contributed by atoms with van der Waals surface area (Å²) in [5.41, 5.74) is 13.7. The van der Waals surface area contributed by atoms with Crippen LogP contribution < -0.4 is 4.90 Å². The first-order chi connectivity index (χ1) is 23.1. The van der Waals surface area contributed by atoms with Crippen molar-refractivity contribution in [2.24, 2.45) is 0 Å². The van der Waals surface area contributed by atoms with Gasteiger partial charge >= 0.3 is 0 Å². The molecule has 0 aliphatic heterocycles. The van der Waals surface area contributed by atoms with E-state index >= 15 is 0 Å². The Balaban J connectivity index is 1.36. The molecule has 0 unspecified atom stereocenters. The van der Waals surface area contributed by atoms with Crippen molar-refractivity contribution in [2.75, 3.05) is 4.90 Å². The number of hydrogen-bond acceptors (Lipinski definition) is 2. The Kier molecular flexibility index (Phi) is 6.41. The van der Waals surface area contributed by atoms with Crippen molar-refractivity contribution >= 4 is 48.6 Å². The molecule has 0 N–H and O–H groups in total. The largest absolute Gasteiger partial charge is 0.309 e. The van der Waals surface area contributed by atoms with Gasteiger partial charge in [-0.05, 0) is 81.4 Å². The monoisotopic (exact) mass is 619 g/mol. The summed E-state index contributed by atoms with van der Waals surface area (Å²) in [5.74, 6) is 0. The number of nitrogens with zero attached hydrogens (tertiary/aromatic N) is 1. The van der Waals surface area contributed by atoms with Crippen LogP contribution in [0.1, 0.15) is 25.0 Å². The minimum Gasteiger partial charge on any atom is -0.309 e. The van der Waals surface area contributed by atoms with E-state index in [1.54, 1.807) is 0 Å². The number of hydrogen-bond donors (Lipinski definition) is 0. The molecule has 0 amide bonds. The molecular weight excluding hydrogens is 587 g/mol. The first-order valence-electron chi connectivity index (χ1n) is 16.3. The molecule has 0 saturated carbocycles. The smallest absolute Gasteiger partial charge is 0.0636 e. The van der Waals surface area contributed by atoms with E-state index in [-0.39, 0.29) is 5.41 Å². The van der Waals surface area contributed by atoms with Gasteiger partial charge in [0.15, 0.2) is 0 Å². The highest BCUT2D eigenvalue weighted by atomic mass is 32.1. The highest BCUT2D eigenvalue weighted by Gasteiger charge is 2.40. The van der Waals surface area contributed by atoms with E-state index in [0.29, 0.717) is 0 Å². The first kappa shape index (κ1) is 27.8. The third-order valence-corrected chi connectivity index (χ3v) is 11.0. The van der Waals surface area contributed by atoms with Crippen molar-refractivity contribution in [1.29, 1.82) is 0 Å². The summed E-state index contributed by atoms with van der Waals surface area (Å²) < 4.78 is 2.64. The van der Waals surface area contributed by atoms with Gasteiger partial charge in [-0.1, -0.05) is 135 Å². The highest BCUT2D eigenvalue weighted by Crippen LogP contribution is 2.59. The molecular formula is C45H33NS. The van der Waals surface area contributed by atoms with Gasteiger partial charge in [-0.3, -0.25) is 0 Å². The van der Waals surface area contributed by atoms with Crippen molar-refractivity contribution in [3.8, 4) is 33.4 Å². The SMILES string of the molecule is CC1(C)c2cc(-c3ccccc3)ccc2-c2c1cc1sc3ccccc3c1c2N(c1ccccc1)c1ccc(-c2ccccc2)cc1. The van der Waals surface area contributed by atoms with E-state index in [1.807, 2.05) is 11.3 Å². The Bertz CT molecular complexity index is 2400. The predicted octanol–water partition coefficient (Wildman–Crippen LogP) is 13.2. The summed E-state index contributed by atoms with van der Waals surface area (Å²) in [6, 6.07) is 59.9. The zero-order valence-corrected chi connectivity index (χ0v) is 27.3. The van der Waals surface area contributed by atoms with Crippen LogP contribution in [0, 0.1) is 0 Å². The fraction of sp³-hybridized carbons (Fsp3) is 0.0667. The van der Waals surface area contributed by atoms with Gasteiger partial charge in [0.25, 0.3) is 0 Å². The lowest BCUT2D eigenvalue weighted by Crippen LogP contribution is -2.16. The predicted molar refractivity (Wildman–Crippen MR) is 202 cm³/mol. The van der Waals surface area contributed by atoms with Crippen LogP contribution in [0.2, 0.25) is 0 Å². The maximum atomic E-state index is 2.51. The van der Waals surface area contributed by atoms with Crippen LogP contribution in [0.15, 0.2) is 164 Å². The summed E-state index contributed by atoms with van der Waals surface area (Å²) in [6.45, 7) is 4.80. The van der Waals surface area contributed by atoms with Gasteiger partial charge in [0.1, 0.15) is 0 Å². The molecule has 0 atom stereocenters. The Morgan fingerprint density at radius 3 is 1.72 bits per heavy atom. The van der Waals surface area contributed by atoms with E-state index in [9.17, 15) is 0 Å². The van der Waals surface area contributed by atoms with Crippen LogP contribution >= 0.6 is 11.3 Å². The maximum absolute atomic E-state index is 2.51. The van der Waals surface area contributed by atoms with Gasteiger partial charge in [-0.2, -0.15) is 0 Å². The fourth-order valence-electron chi connectivity index (χ4n) is 7.51. The molecule has 0 bridgehead atoms. The molecule has 0 fully saturated rings. The van der Waals surface area contributed by atoms with Crippen molar-refractivity contribution in [2.45, 2.75) is 19.3 Å². The molecule has 1 heterocycles. The Morgan fingerprint density at radius 2 is 1.02 bits per heavy atom. The van der Waals surface area contributed by atoms with Crippen LogP contribution in [-0.2, 0) is 5.41 Å². The van der Waals surface area contributed by atoms with E-state index in [4.69, 9.17) is 0 Å². The third kappa shape index (κ3) is 4.44. The number of anilines is 3. The van der Waals surface area contributed by atoms with E-state index in [1.165, 1.54) is 70.4 Å². The molecule has 1 aliphatic rings. The summed E-state index contributed by atoms with van der Waals surface area (Å²) in [4.78, 5) is 2.51. The second-order valence-corrected chi connectivity index (χ2v) is 14.0. The first-order valence-corrected chi connectivity index (χ1v) is 17.1. The van der Waals surface area contributed by atoms with Gasteiger partial charge in [-0.15, -0.1) is 11.3 Å². The Morgan fingerprint density at radius 1 is 0.468 bits per heavy atom. The standard InChI is InChI=1S/C45H33NS/c1-45(2)38-28-33(31-16-8-4-9-17-31)24-27-36(38)42-39(45)29-41-43(37-20-12-13-21-40(37)47-41)44(42)46(34-18-10-5-11-19-34)35-25-22-32(23-26-35)30-14-6-3-7-15-30/h3-29H,1-2H3. The summed E-state index contributed by atoms with van der Waals surface area (Å²) in [6.07, 6.45) is 0. The fourth-order valence-corrected chi connectivity index (χ4v) is 8.66. The molecule has 1 aliphatic carbocycles. The molecule has 2 heteroatoms. The second-order valence-electron chi connectivity index (χ2n) is 13.0. The lowest BCUT2D eigenvalue weighted by molar-refractivity contribution is 0.661. The average Bonchev–Trinajstić information content (AvgIpc) is 3.61. The number of rotatable bonds is 5. The second kappa shape index (κ2) is 10.8. The number of para-hydroxylation sites is 1. The van der Waals surface area contributed by atoms with Crippen LogP contribution in [0.4, 0.5) is 17.1 Å². The van der Waals surface area contributed by atoms with Crippen molar-refractivity contribution in [3.05, 3.63) is 175 Å². The van der Waals surface area contributed by atoms with Crippen molar-refractivity contribution in [1.82, 2.24) is 0 Å². The van der Waals surface area contributed by atoms with Crippen LogP contribution in [0.5, 0.6) is 0 Å². The van der Waals surface area contributed by atoms with Crippen molar-refractivity contribution in [3.63, 3.8) is 0 Å². The lowest BCUT2D eigenvalue weighted by atomic mass is 9.81. The van der Waals surface area contributed by atoms with Crippen LogP contribution in [0.3, 0.4) is 0 Å². The van der Waals surface area contributed by atoms with Gasteiger partial charge < -0.3 is 4.90 Å². The quantitative estimate of drug-likeness (QED) is 0.185. The summed E-state index contributed by atoms with van der Waals surface area (Å²) in [7, 11) is 0. The average molecular weight is 620 g/mol. The van der Waals surface area contributed by atoms with E-state index in [2.05, 4.69) is 183 Å². The number of fused-ring (bicyclic) bond motifs is 6. The molecule has 0 spiro atoms. The van der Waals surface area contributed by atoms with Gasteiger partial charge in [0.05, 0.1) is 5.69 Å². The highest BCUT2D eigenvalue weighted by molar-refractivity contribution is 7.26. The Hall–Kier alpha value is -5.44. The normalized spacial score (nSPS) is 13.1. The molecule has 47 heavy (non-hydrogen) atoms. The van der Waals surface area contributed by atoms with Crippen LogP contribution in [0.25, 0.3) is 53.6 Å². The molecule has 7 aromatic carbocycles. The minimum absolute atomic E-state index is 0.173. The topological polar surface area (TPSA) is 3.24 Å². The van der Waals surface area contributed by atoms with Gasteiger partial charge in [0, 0.05) is 42.5 Å². The molecule has 9 rings (SSSR count). The maximum Gasteiger partial charge on any atom is 0.0636 e. The summed E-state index contributed by atoms with van der Waals surface area (Å²) >= 11 is 1.90. The molecule has 8 aromatic rings. The zero-order valence-electron chi connectivity index (χ0n) is 26.4. The van der Waals surface area contributed by atoms with E-state index in [0.717, 1.165) is 11.4 Å². The van der Waals surface area contributed by atoms with Gasteiger partial charge in [0.2, 0.25) is 0 Å². The van der Waals surface area contributed by atoms with Crippen molar-refractivity contribution < 1.29 is 0 Å².